The summed E-state index contributed by atoms with van der Waals surface area (Å²) in [5.74, 6) is 1.39. The number of nitrogens with zero attached hydrogens (tertiary/aromatic N) is 1. The second-order valence-electron chi connectivity index (χ2n) is 2.22. The Labute approximate surface area is 63.3 Å². The van der Waals surface area contributed by atoms with Crippen molar-refractivity contribution < 1.29 is 4.74 Å². The zero-order valence-electron chi connectivity index (χ0n) is 7.35. The molecule has 2 nitrogen and oxygen atoms in total. The van der Waals surface area contributed by atoms with Crippen LogP contribution in [0.1, 0.15) is 27.7 Å². The fraction of sp³-hybridized carbons (Fsp3) is 0.875. The van der Waals surface area contributed by atoms with Gasteiger partial charge in [0.25, 0.3) is 0 Å². The predicted octanol–water partition coefficient (Wildman–Crippen LogP) is 2.10. The summed E-state index contributed by atoms with van der Waals surface area (Å²) >= 11 is 0. The highest BCUT2D eigenvalue weighted by molar-refractivity contribution is 5.79. The van der Waals surface area contributed by atoms with E-state index in [2.05, 4.69) is 18.8 Å². The van der Waals surface area contributed by atoms with E-state index < -0.39 is 0 Å². The van der Waals surface area contributed by atoms with E-state index in [-0.39, 0.29) is 0 Å². The summed E-state index contributed by atoms with van der Waals surface area (Å²) in [6.07, 6.45) is 0. The van der Waals surface area contributed by atoms with Gasteiger partial charge in [0.2, 0.25) is 0 Å². The molecular formula is C8H17NO. The van der Waals surface area contributed by atoms with Crippen LogP contribution in [0.3, 0.4) is 0 Å². The molecule has 0 atom stereocenters. The van der Waals surface area contributed by atoms with Gasteiger partial charge in [-0.25, -0.2) is 0 Å². The van der Waals surface area contributed by atoms with E-state index in [1.807, 2.05) is 13.8 Å². The van der Waals surface area contributed by atoms with E-state index in [9.17, 15) is 0 Å². The van der Waals surface area contributed by atoms with Gasteiger partial charge in [-0.3, -0.25) is 4.99 Å². The van der Waals surface area contributed by atoms with Gasteiger partial charge < -0.3 is 4.74 Å². The molecule has 0 aromatic rings. The SMILES string of the molecule is CC.CC(C)C1=NCCO1. The van der Waals surface area contributed by atoms with Crippen LogP contribution in [0.25, 0.3) is 0 Å². The van der Waals surface area contributed by atoms with Crippen molar-refractivity contribution in [3.63, 3.8) is 0 Å². The molecule has 2 heteroatoms. The zero-order chi connectivity index (χ0) is 7.98. The van der Waals surface area contributed by atoms with E-state index in [1.54, 1.807) is 0 Å². The number of hydrogen-bond acceptors (Lipinski definition) is 2. The lowest BCUT2D eigenvalue weighted by Gasteiger charge is -2.01. The second kappa shape index (κ2) is 5.27. The molecule has 10 heavy (non-hydrogen) atoms. The summed E-state index contributed by atoms with van der Waals surface area (Å²) in [4.78, 5) is 4.13. The molecule has 0 unspecified atom stereocenters. The molecule has 0 aromatic heterocycles. The number of hydrogen-bond donors (Lipinski definition) is 0. The van der Waals surface area contributed by atoms with Crippen LogP contribution >= 0.6 is 0 Å². The van der Waals surface area contributed by atoms with Crippen LogP contribution in [0.4, 0.5) is 0 Å². The highest BCUT2D eigenvalue weighted by atomic mass is 16.5. The lowest BCUT2D eigenvalue weighted by atomic mass is 10.2. The van der Waals surface area contributed by atoms with Gasteiger partial charge in [-0.05, 0) is 0 Å². The van der Waals surface area contributed by atoms with Gasteiger partial charge in [0, 0.05) is 5.92 Å². The topological polar surface area (TPSA) is 21.6 Å². The zero-order valence-corrected chi connectivity index (χ0v) is 7.35. The van der Waals surface area contributed by atoms with Gasteiger partial charge in [0.05, 0.1) is 6.54 Å². The first-order valence-electron chi connectivity index (χ1n) is 3.98. The van der Waals surface area contributed by atoms with Crippen molar-refractivity contribution in [2.75, 3.05) is 13.2 Å². The maximum absolute atomic E-state index is 5.16. The van der Waals surface area contributed by atoms with Crippen LogP contribution in [0.15, 0.2) is 4.99 Å². The Morgan fingerprint density at radius 1 is 1.40 bits per heavy atom. The van der Waals surface area contributed by atoms with Gasteiger partial charge in [0.1, 0.15) is 6.61 Å². The number of ether oxygens (including phenoxy) is 1. The summed E-state index contributed by atoms with van der Waals surface area (Å²) in [6, 6.07) is 0. The van der Waals surface area contributed by atoms with Crippen LogP contribution in [0.2, 0.25) is 0 Å². The maximum atomic E-state index is 5.16. The smallest absolute Gasteiger partial charge is 0.186 e. The lowest BCUT2D eigenvalue weighted by Crippen LogP contribution is -2.06. The van der Waals surface area contributed by atoms with E-state index in [4.69, 9.17) is 4.74 Å². The first kappa shape index (κ1) is 9.47. The molecule has 0 aromatic carbocycles. The van der Waals surface area contributed by atoms with Crippen LogP contribution in [0, 0.1) is 5.92 Å². The Kier molecular flexibility index (Phi) is 4.99. The first-order chi connectivity index (χ1) is 4.80. The third-order valence-electron chi connectivity index (χ3n) is 1.10. The quantitative estimate of drug-likeness (QED) is 0.551. The van der Waals surface area contributed by atoms with Gasteiger partial charge in [-0.15, -0.1) is 0 Å². The average molecular weight is 143 g/mol. The second-order valence-corrected chi connectivity index (χ2v) is 2.22. The molecular weight excluding hydrogens is 126 g/mol. The number of rotatable bonds is 1. The van der Waals surface area contributed by atoms with Gasteiger partial charge in [0.15, 0.2) is 5.90 Å². The van der Waals surface area contributed by atoms with Crippen molar-refractivity contribution in [2.45, 2.75) is 27.7 Å². The van der Waals surface area contributed by atoms with Crippen molar-refractivity contribution >= 4 is 5.90 Å². The predicted molar refractivity (Wildman–Crippen MR) is 44.4 cm³/mol. The Hall–Kier alpha value is -0.530. The molecule has 0 radical (unpaired) electrons. The van der Waals surface area contributed by atoms with Crippen LogP contribution in [-0.4, -0.2) is 19.0 Å². The minimum Gasteiger partial charge on any atom is -0.479 e. The van der Waals surface area contributed by atoms with Gasteiger partial charge in [-0.2, -0.15) is 0 Å². The minimum atomic E-state index is 0.470. The molecule has 0 saturated carbocycles. The van der Waals surface area contributed by atoms with Crippen molar-refractivity contribution in [3.05, 3.63) is 0 Å². The molecule has 1 aliphatic heterocycles. The van der Waals surface area contributed by atoms with E-state index in [0.717, 1.165) is 19.0 Å². The average Bonchev–Trinajstić information content (AvgIpc) is 2.42. The molecule has 0 spiro atoms. The molecule has 0 saturated heterocycles. The maximum Gasteiger partial charge on any atom is 0.186 e. The van der Waals surface area contributed by atoms with E-state index in [0.29, 0.717) is 5.92 Å². The standard InChI is InChI=1S/C6H11NO.C2H6/c1-5(2)6-7-3-4-8-6;1-2/h5H,3-4H2,1-2H3;1-2H3. The van der Waals surface area contributed by atoms with E-state index in [1.165, 1.54) is 0 Å². The third-order valence-corrected chi connectivity index (χ3v) is 1.10. The fourth-order valence-corrected chi connectivity index (χ4v) is 0.701. The van der Waals surface area contributed by atoms with Crippen molar-refractivity contribution in [1.82, 2.24) is 0 Å². The summed E-state index contributed by atoms with van der Waals surface area (Å²) in [5, 5.41) is 0. The van der Waals surface area contributed by atoms with Crippen molar-refractivity contribution in [2.24, 2.45) is 10.9 Å². The van der Waals surface area contributed by atoms with Crippen LogP contribution in [0.5, 0.6) is 0 Å². The molecule has 60 valence electrons. The third kappa shape index (κ3) is 2.85. The summed E-state index contributed by atoms with van der Waals surface area (Å²) in [6.45, 7) is 9.81. The molecule has 0 N–H and O–H groups in total. The summed E-state index contributed by atoms with van der Waals surface area (Å²) in [5.41, 5.74) is 0. The Morgan fingerprint density at radius 3 is 2.20 bits per heavy atom. The Balaban J connectivity index is 0.000000371. The van der Waals surface area contributed by atoms with Crippen molar-refractivity contribution in [1.29, 1.82) is 0 Å². The molecule has 0 amide bonds. The van der Waals surface area contributed by atoms with Crippen molar-refractivity contribution in [3.8, 4) is 0 Å². The summed E-state index contributed by atoms with van der Waals surface area (Å²) in [7, 11) is 0. The van der Waals surface area contributed by atoms with Gasteiger partial charge in [-0.1, -0.05) is 27.7 Å². The van der Waals surface area contributed by atoms with E-state index >= 15 is 0 Å². The normalized spacial score (nSPS) is 15.5. The Morgan fingerprint density at radius 2 is 2.00 bits per heavy atom. The van der Waals surface area contributed by atoms with Crippen LogP contribution in [-0.2, 0) is 4.74 Å². The molecule has 1 heterocycles. The Bertz CT molecular complexity index is 108. The monoisotopic (exact) mass is 143 g/mol. The first-order valence-corrected chi connectivity index (χ1v) is 3.98. The van der Waals surface area contributed by atoms with Gasteiger partial charge >= 0.3 is 0 Å². The fourth-order valence-electron chi connectivity index (χ4n) is 0.701. The molecule has 1 rings (SSSR count). The largest absolute Gasteiger partial charge is 0.479 e. The molecule has 1 aliphatic rings. The lowest BCUT2D eigenvalue weighted by molar-refractivity contribution is 0.328. The molecule has 0 fully saturated rings. The highest BCUT2D eigenvalue weighted by Crippen LogP contribution is 2.03. The molecule has 0 aliphatic carbocycles. The van der Waals surface area contributed by atoms with Crippen LogP contribution < -0.4 is 0 Å². The highest BCUT2D eigenvalue weighted by Gasteiger charge is 2.09. The minimum absolute atomic E-state index is 0.470. The number of aliphatic imine (C=N–C) groups is 1. The molecule has 0 bridgehead atoms. The summed E-state index contributed by atoms with van der Waals surface area (Å²) < 4.78 is 5.16.